The number of aliphatic hydroxyl groups is 1. The van der Waals surface area contributed by atoms with Crippen LogP contribution in [0.15, 0.2) is 42.5 Å². The molecule has 0 saturated carbocycles. The van der Waals surface area contributed by atoms with Gasteiger partial charge in [0.15, 0.2) is 0 Å². The molecular formula is C26H33N3O6. The fourth-order valence-electron chi connectivity index (χ4n) is 4.68. The number of rotatable bonds is 9. The van der Waals surface area contributed by atoms with E-state index in [1.54, 1.807) is 12.0 Å². The summed E-state index contributed by atoms with van der Waals surface area (Å²) in [5, 5.41) is 15.8. The van der Waals surface area contributed by atoms with Gasteiger partial charge in [0.2, 0.25) is 11.8 Å². The lowest BCUT2D eigenvalue weighted by Crippen LogP contribution is -2.47. The largest absolute Gasteiger partial charge is 0.497 e. The van der Waals surface area contributed by atoms with Crippen molar-refractivity contribution < 1.29 is 28.9 Å². The fourth-order valence-corrected chi connectivity index (χ4v) is 4.68. The summed E-state index contributed by atoms with van der Waals surface area (Å²) in [5.74, 6) is 1.22. The topological polar surface area (TPSA) is 109 Å². The third-order valence-corrected chi connectivity index (χ3v) is 6.30. The Balaban J connectivity index is 1.39. The van der Waals surface area contributed by atoms with Crippen LogP contribution in [0.2, 0.25) is 0 Å². The van der Waals surface area contributed by atoms with Gasteiger partial charge in [0, 0.05) is 23.7 Å². The Morgan fingerprint density at radius 1 is 1.14 bits per heavy atom. The molecule has 0 aliphatic carbocycles. The van der Waals surface area contributed by atoms with Crippen LogP contribution in [0, 0.1) is 0 Å². The number of hydrogen-bond donors (Lipinski definition) is 3. The Bertz CT molecular complexity index is 1040. The second-order valence-corrected chi connectivity index (χ2v) is 9.27. The van der Waals surface area contributed by atoms with Crippen LogP contribution in [0.4, 0.5) is 5.69 Å². The molecule has 2 aromatic carbocycles. The first-order valence-corrected chi connectivity index (χ1v) is 11.8. The average molecular weight is 484 g/mol. The minimum atomic E-state index is -0.535. The summed E-state index contributed by atoms with van der Waals surface area (Å²) >= 11 is 0. The van der Waals surface area contributed by atoms with Gasteiger partial charge in [0.1, 0.15) is 23.7 Å². The Labute approximate surface area is 205 Å². The number of carbonyl (C=O) groups excluding carboxylic acids is 2. The zero-order valence-corrected chi connectivity index (χ0v) is 20.3. The van der Waals surface area contributed by atoms with Crippen molar-refractivity contribution in [1.82, 2.24) is 10.2 Å². The predicted molar refractivity (Wildman–Crippen MR) is 131 cm³/mol. The molecule has 2 heterocycles. The molecule has 2 aliphatic rings. The van der Waals surface area contributed by atoms with E-state index < -0.39 is 6.10 Å². The quantitative estimate of drug-likeness (QED) is 0.500. The number of methoxy groups -OCH3 is 1. The highest BCUT2D eigenvalue weighted by Gasteiger charge is 2.46. The van der Waals surface area contributed by atoms with Crippen LogP contribution >= 0.6 is 0 Å². The van der Waals surface area contributed by atoms with E-state index in [1.165, 1.54) is 0 Å². The molecule has 9 nitrogen and oxygen atoms in total. The van der Waals surface area contributed by atoms with E-state index in [-0.39, 0.29) is 49.5 Å². The minimum Gasteiger partial charge on any atom is -0.497 e. The number of hydrogen-bond acceptors (Lipinski definition) is 7. The standard InChI is InChI=1S/C26H33N3O6/c1-29(2)14-25(32)28-17-6-9-22-20(10-17)21-11-19(34-23(15-30)26(21)35-22)12-24(31)27-13-16-4-7-18(33-3)8-5-16/h4-10,19,21,23,26,30H,11-15H2,1-3H3,(H,27,31)(H,28,32)/t19-,21+,23+,26-/m0/s1. The number of nitrogens with zero attached hydrogens (tertiary/aromatic N) is 1. The Hall–Kier alpha value is -3.14. The van der Waals surface area contributed by atoms with Gasteiger partial charge in [-0.1, -0.05) is 12.1 Å². The normalized spacial score (nSPS) is 22.7. The summed E-state index contributed by atoms with van der Waals surface area (Å²) < 4.78 is 17.3. The molecule has 4 atom stereocenters. The van der Waals surface area contributed by atoms with Crippen LogP contribution in [0.5, 0.6) is 11.5 Å². The summed E-state index contributed by atoms with van der Waals surface area (Å²) in [6.45, 7) is 0.492. The van der Waals surface area contributed by atoms with E-state index >= 15 is 0 Å². The lowest BCUT2D eigenvalue weighted by atomic mass is 9.84. The number of anilines is 1. The average Bonchev–Trinajstić information content (AvgIpc) is 3.20. The Morgan fingerprint density at radius 2 is 1.91 bits per heavy atom. The number of ether oxygens (including phenoxy) is 3. The lowest BCUT2D eigenvalue weighted by Gasteiger charge is -2.37. The van der Waals surface area contributed by atoms with Crippen LogP contribution in [0.25, 0.3) is 0 Å². The van der Waals surface area contributed by atoms with Crippen LogP contribution in [-0.2, 0) is 20.9 Å². The highest BCUT2D eigenvalue weighted by Crippen LogP contribution is 2.47. The molecule has 35 heavy (non-hydrogen) atoms. The second-order valence-electron chi connectivity index (χ2n) is 9.27. The van der Waals surface area contributed by atoms with Crippen LogP contribution in [0.3, 0.4) is 0 Å². The number of likely N-dealkylation sites (N-methyl/N-ethyl adjacent to an activating group) is 1. The zero-order chi connectivity index (χ0) is 24.9. The number of carbonyl (C=O) groups is 2. The summed E-state index contributed by atoms with van der Waals surface area (Å²) in [7, 11) is 5.29. The smallest absolute Gasteiger partial charge is 0.238 e. The molecule has 1 fully saturated rings. The van der Waals surface area contributed by atoms with E-state index in [0.29, 0.717) is 18.7 Å². The van der Waals surface area contributed by atoms with Crippen molar-refractivity contribution >= 4 is 17.5 Å². The first kappa shape index (κ1) is 25.0. The van der Waals surface area contributed by atoms with Crippen molar-refractivity contribution in [3.8, 4) is 11.5 Å². The van der Waals surface area contributed by atoms with Crippen molar-refractivity contribution in [3.05, 3.63) is 53.6 Å². The van der Waals surface area contributed by atoms with Gasteiger partial charge in [-0.15, -0.1) is 0 Å². The van der Waals surface area contributed by atoms with Gasteiger partial charge in [-0.2, -0.15) is 0 Å². The molecule has 0 bridgehead atoms. The first-order chi connectivity index (χ1) is 16.9. The van der Waals surface area contributed by atoms with E-state index in [0.717, 1.165) is 22.6 Å². The number of aliphatic hydroxyl groups excluding tert-OH is 1. The highest BCUT2D eigenvalue weighted by molar-refractivity contribution is 5.92. The van der Waals surface area contributed by atoms with E-state index in [4.69, 9.17) is 14.2 Å². The van der Waals surface area contributed by atoms with E-state index in [1.807, 2.05) is 56.6 Å². The molecule has 2 amide bonds. The molecule has 0 unspecified atom stereocenters. The summed E-state index contributed by atoms with van der Waals surface area (Å²) in [4.78, 5) is 26.6. The summed E-state index contributed by atoms with van der Waals surface area (Å²) in [5.41, 5.74) is 2.63. The molecular weight excluding hydrogens is 450 g/mol. The molecule has 2 aromatic rings. The monoisotopic (exact) mass is 483 g/mol. The molecule has 1 saturated heterocycles. The van der Waals surface area contributed by atoms with E-state index in [2.05, 4.69) is 10.6 Å². The second kappa shape index (κ2) is 11.1. The molecule has 0 spiro atoms. The summed E-state index contributed by atoms with van der Waals surface area (Å²) in [6, 6.07) is 13.1. The van der Waals surface area contributed by atoms with Gasteiger partial charge >= 0.3 is 0 Å². The zero-order valence-electron chi connectivity index (χ0n) is 20.3. The first-order valence-electron chi connectivity index (χ1n) is 11.8. The van der Waals surface area contributed by atoms with Crippen LogP contribution in [0.1, 0.15) is 29.9 Å². The third-order valence-electron chi connectivity index (χ3n) is 6.30. The van der Waals surface area contributed by atoms with Crippen molar-refractivity contribution in [1.29, 1.82) is 0 Å². The molecule has 188 valence electrons. The number of benzene rings is 2. The molecule has 0 aromatic heterocycles. The highest BCUT2D eigenvalue weighted by atomic mass is 16.6. The molecule has 9 heteroatoms. The Kier molecular flexibility index (Phi) is 7.90. The number of fused-ring (bicyclic) bond motifs is 3. The van der Waals surface area contributed by atoms with Gasteiger partial charge < -0.3 is 34.9 Å². The molecule has 0 radical (unpaired) electrons. The van der Waals surface area contributed by atoms with Gasteiger partial charge in [-0.25, -0.2) is 0 Å². The number of amides is 2. The molecule has 3 N–H and O–H groups in total. The molecule has 2 aliphatic heterocycles. The van der Waals surface area contributed by atoms with Gasteiger partial charge in [0.25, 0.3) is 0 Å². The fraction of sp³-hybridized carbons (Fsp3) is 0.462. The van der Waals surface area contributed by atoms with Crippen LogP contribution < -0.4 is 20.1 Å². The maximum absolute atomic E-state index is 12.6. The van der Waals surface area contributed by atoms with Crippen molar-refractivity contribution in [3.63, 3.8) is 0 Å². The molecule has 4 rings (SSSR count). The third kappa shape index (κ3) is 6.11. The van der Waals surface area contributed by atoms with Crippen molar-refractivity contribution in [2.45, 2.75) is 43.6 Å². The SMILES string of the molecule is COc1ccc(CNC(=O)C[C@@H]2C[C@@H]3c4cc(NC(=O)CN(C)C)ccc4O[C@@H]3[C@@H](CO)O2)cc1. The lowest BCUT2D eigenvalue weighted by molar-refractivity contribution is -0.142. The van der Waals surface area contributed by atoms with Gasteiger partial charge in [0.05, 0.1) is 32.8 Å². The van der Waals surface area contributed by atoms with E-state index in [9.17, 15) is 14.7 Å². The Morgan fingerprint density at radius 3 is 2.60 bits per heavy atom. The maximum atomic E-state index is 12.6. The van der Waals surface area contributed by atoms with Crippen molar-refractivity contribution in [2.75, 3.05) is 39.7 Å². The predicted octanol–water partition coefficient (Wildman–Crippen LogP) is 1.90. The minimum absolute atomic E-state index is 0.0408. The van der Waals surface area contributed by atoms with Gasteiger partial charge in [-0.05, 0) is 56.4 Å². The maximum Gasteiger partial charge on any atom is 0.238 e. The van der Waals surface area contributed by atoms with Gasteiger partial charge in [-0.3, -0.25) is 9.59 Å². The van der Waals surface area contributed by atoms with Crippen molar-refractivity contribution in [2.24, 2.45) is 0 Å². The number of nitrogens with one attached hydrogen (secondary N) is 2. The van der Waals surface area contributed by atoms with Crippen LogP contribution in [-0.4, -0.2) is 74.5 Å². The summed E-state index contributed by atoms with van der Waals surface area (Å²) in [6.07, 6.45) is -0.455.